The third kappa shape index (κ3) is 5.79. The van der Waals surface area contributed by atoms with Crippen LogP contribution in [0.4, 0.5) is 5.82 Å². The van der Waals surface area contributed by atoms with Crippen LogP contribution >= 0.6 is 11.3 Å². The van der Waals surface area contributed by atoms with Gasteiger partial charge >= 0.3 is 0 Å². The van der Waals surface area contributed by atoms with E-state index in [9.17, 15) is 18.0 Å². The number of nitrogens with zero attached hydrogens (tertiary/aromatic N) is 2. The van der Waals surface area contributed by atoms with Crippen LogP contribution in [0.15, 0.2) is 65.7 Å². The largest absolute Gasteiger partial charge is 0.383 e. The van der Waals surface area contributed by atoms with Gasteiger partial charge in [0.2, 0.25) is 21.8 Å². The molecule has 1 fully saturated rings. The van der Waals surface area contributed by atoms with Crippen LogP contribution in [-0.4, -0.2) is 55.8 Å². The molecule has 1 aliphatic rings. The molecule has 0 spiro atoms. The highest BCUT2D eigenvalue weighted by atomic mass is 32.2. The van der Waals surface area contributed by atoms with Crippen molar-refractivity contribution >= 4 is 59.9 Å². The van der Waals surface area contributed by atoms with Gasteiger partial charge in [-0.2, -0.15) is 0 Å². The molecule has 4 aromatic rings. The predicted molar refractivity (Wildman–Crippen MR) is 149 cm³/mol. The van der Waals surface area contributed by atoms with Crippen LogP contribution < -0.4 is 15.8 Å². The Labute approximate surface area is 225 Å². The van der Waals surface area contributed by atoms with E-state index in [0.29, 0.717) is 18.9 Å². The number of sulfonamides is 1. The van der Waals surface area contributed by atoms with Crippen molar-refractivity contribution in [1.29, 1.82) is 0 Å². The molecule has 1 aliphatic heterocycles. The van der Waals surface area contributed by atoms with Crippen LogP contribution in [0.25, 0.3) is 20.9 Å². The Morgan fingerprint density at radius 3 is 2.55 bits per heavy atom. The van der Waals surface area contributed by atoms with Gasteiger partial charge in [0.15, 0.2) is 0 Å². The number of benzene rings is 2. The fraction of sp³-hybridized carbons (Fsp3) is 0.296. The van der Waals surface area contributed by atoms with Gasteiger partial charge in [-0.3, -0.25) is 9.59 Å². The van der Waals surface area contributed by atoms with E-state index in [1.807, 2.05) is 36.4 Å². The first-order valence-electron chi connectivity index (χ1n) is 12.5. The van der Waals surface area contributed by atoms with Crippen molar-refractivity contribution in [2.45, 2.75) is 36.6 Å². The van der Waals surface area contributed by atoms with E-state index < -0.39 is 28.5 Å². The quantitative estimate of drug-likeness (QED) is 0.308. The third-order valence-electron chi connectivity index (χ3n) is 6.69. The number of fused-ring (bicyclic) bond motifs is 2. The maximum absolute atomic E-state index is 13.4. The first-order chi connectivity index (χ1) is 18.3. The van der Waals surface area contributed by atoms with E-state index in [2.05, 4.69) is 15.0 Å². The second kappa shape index (κ2) is 11.1. The number of thiophene rings is 1. The topological polar surface area (TPSA) is 134 Å². The van der Waals surface area contributed by atoms with E-state index in [0.717, 1.165) is 45.0 Å². The molecule has 1 unspecified atom stereocenters. The number of amides is 2. The molecular formula is C27H29N5O4S2. The molecule has 5 rings (SSSR count). The Kier molecular flexibility index (Phi) is 7.59. The van der Waals surface area contributed by atoms with Crippen LogP contribution in [0, 0.1) is 0 Å². The van der Waals surface area contributed by atoms with Crippen molar-refractivity contribution in [1.82, 2.24) is 19.9 Å². The smallest absolute Gasteiger partial charge is 0.245 e. The number of nitrogens with two attached hydrogens (primary N) is 1. The number of pyridine rings is 1. The molecule has 0 radical (unpaired) electrons. The van der Waals surface area contributed by atoms with Gasteiger partial charge in [0, 0.05) is 40.7 Å². The van der Waals surface area contributed by atoms with E-state index in [-0.39, 0.29) is 17.2 Å². The summed E-state index contributed by atoms with van der Waals surface area (Å²) in [5, 5.41) is 5.29. The molecule has 0 aliphatic carbocycles. The summed E-state index contributed by atoms with van der Waals surface area (Å²) in [5.74, 6) is -0.331. The zero-order valence-electron chi connectivity index (χ0n) is 20.7. The highest BCUT2D eigenvalue weighted by Crippen LogP contribution is 2.29. The molecule has 2 aromatic heterocycles. The lowest BCUT2D eigenvalue weighted by Gasteiger charge is -2.30. The third-order valence-corrected chi connectivity index (χ3v) is 9.21. The van der Waals surface area contributed by atoms with Crippen molar-refractivity contribution < 1.29 is 18.0 Å². The SMILES string of the molecule is Nc1nccc2sc(CC(NC(=O)CNS(=O)(=O)c3ccc4ccccc4c3)C(=O)N3CCCCC3)cc12. The minimum absolute atomic E-state index is 0.0708. The van der Waals surface area contributed by atoms with Gasteiger partial charge in [-0.15, -0.1) is 11.3 Å². The fourth-order valence-electron chi connectivity index (χ4n) is 4.70. The average molecular weight is 552 g/mol. The molecule has 0 bridgehead atoms. The number of carbonyl (C=O) groups excluding carboxylic acids is 2. The molecule has 11 heteroatoms. The molecule has 3 heterocycles. The van der Waals surface area contributed by atoms with Gasteiger partial charge in [-0.25, -0.2) is 18.1 Å². The second-order valence-electron chi connectivity index (χ2n) is 9.36. The average Bonchev–Trinajstić information content (AvgIpc) is 3.35. The highest BCUT2D eigenvalue weighted by Gasteiger charge is 2.28. The molecule has 0 saturated carbocycles. The van der Waals surface area contributed by atoms with Crippen molar-refractivity contribution in [3.05, 3.63) is 65.7 Å². The lowest BCUT2D eigenvalue weighted by Crippen LogP contribution is -2.52. The maximum atomic E-state index is 13.4. The summed E-state index contributed by atoms with van der Waals surface area (Å²) in [6, 6.07) is 15.2. The van der Waals surface area contributed by atoms with E-state index >= 15 is 0 Å². The predicted octanol–water partition coefficient (Wildman–Crippen LogP) is 3.05. The Morgan fingerprint density at radius 2 is 1.79 bits per heavy atom. The number of likely N-dealkylation sites (tertiary alicyclic amines) is 1. The number of rotatable bonds is 8. The maximum Gasteiger partial charge on any atom is 0.245 e. The molecule has 1 saturated heterocycles. The number of aromatic nitrogens is 1. The zero-order valence-corrected chi connectivity index (χ0v) is 22.4. The van der Waals surface area contributed by atoms with Gasteiger partial charge < -0.3 is 16.0 Å². The Balaban J connectivity index is 1.30. The number of hydrogen-bond donors (Lipinski definition) is 3. The standard InChI is InChI=1S/C27H29N5O4S2/c28-26-22-15-20(37-24(22)10-11-29-26)16-23(27(34)32-12-4-1-5-13-32)31-25(33)17-30-38(35,36)21-9-8-18-6-2-3-7-19(18)14-21/h2-3,6-11,14-15,23,30H,1,4-5,12-13,16-17H2,(H2,28,29)(H,31,33). The van der Waals surface area contributed by atoms with Crippen LogP contribution in [-0.2, 0) is 26.0 Å². The van der Waals surface area contributed by atoms with Gasteiger partial charge in [0.25, 0.3) is 0 Å². The van der Waals surface area contributed by atoms with Crippen molar-refractivity contribution in [3.63, 3.8) is 0 Å². The summed E-state index contributed by atoms with van der Waals surface area (Å²) in [4.78, 5) is 33.2. The van der Waals surface area contributed by atoms with E-state index in [1.165, 1.54) is 17.4 Å². The molecule has 4 N–H and O–H groups in total. The number of carbonyl (C=O) groups is 2. The summed E-state index contributed by atoms with van der Waals surface area (Å²) in [6.45, 7) is 0.800. The summed E-state index contributed by atoms with van der Waals surface area (Å²) >= 11 is 1.49. The van der Waals surface area contributed by atoms with Crippen LogP contribution in [0.3, 0.4) is 0 Å². The monoisotopic (exact) mass is 551 g/mol. The fourth-order valence-corrected chi connectivity index (χ4v) is 6.83. The number of hydrogen-bond acceptors (Lipinski definition) is 7. The first-order valence-corrected chi connectivity index (χ1v) is 14.8. The Hall–Kier alpha value is -3.54. The molecule has 2 amide bonds. The summed E-state index contributed by atoms with van der Waals surface area (Å²) in [5.41, 5.74) is 6.00. The van der Waals surface area contributed by atoms with E-state index in [4.69, 9.17) is 5.73 Å². The number of nitrogens with one attached hydrogen (secondary N) is 2. The van der Waals surface area contributed by atoms with Gasteiger partial charge in [-0.05, 0) is 54.3 Å². The van der Waals surface area contributed by atoms with Crippen molar-refractivity contribution in [3.8, 4) is 0 Å². The van der Waals surface area contributed by atoms with Gasteiger partial charge in [-0.1, -0.05) is 30.3 Å². The second-order valence-corrected chi connectivity index (χ2v) is 12.3. The van der Waals surface area contributed by atoms with Crippen LogP contribution in [0.5, 0.6) is 0 Å². The molecule has 38 heavy (non-hydrogen) atoms. The molecule has 9 nitrogen and oxygen atoms in total. The minimum atomic E-state index is -3.93. The Bertz CT molecular complexity index is 1600. The number of nitrogen functional groups attached to an aromatic ring is 1. The van der Waals surface area contributed by atoms with Crippen molar-refractivity contribution in [2.75, 3.05) is 25.4 Å². The summed E-state index contributed by atoms with van der Waals surface area (Å²) in [6.07, 6.45) is 4.82. The number of piperidine rings is 1. The van der Waals surface area contributed by atoms with E-state index in [1.54, 1.807) is 23.2 Å². The normalized spacial score (nSPS) is 15.0. The van der Waals surface area contributed by atoms with Crippen LogP contribution in [0.2, 0.25) is 0 Å². The molecule has 2 aromatic carbocycles. The molecule has 1 atom stereocenters. The molecular weight excluding hydrogens is 522 g/mol. The number of anilines is 1. The minimum Gasteiger partial charge on any atom is -0.383 e. The lowest BCUT2D eigenvalue weighted by molar-refractivity contribution is -0.137. The lowest BCUT2D eigenvalue weighted by atomic mass is 10.1. The zero-order chi connectivity index (χ0) is 26.7. The summed E-state index contributed by atoms with van der Waals surface area (Å²) in [7, 11) is -3.93. The van der Waals surface area contributed by atoms with Gasteiger partial charge in [0.05, 0.1) is 11.4 Å². The van der Waals surface area contributed by atoms with Crippen molar-refractivity contribution in [2.24, 2.45) is 0 Å². The molecule has 198 valence electrons. The Morgan fingerprint density at radius 1 is 1.03 bits per heavy atom. The summed E-state index contributed by atoms with van der Waals surface area (Å²) < 4.78 is 29.1. The van der Waals surface area contributed by atoms with Crippen LogP contribution in [0.1, 0.15) is 24.1 Å². The first kappa shape index (κ1) is 26.1. The van der Waals surface area contributed by atoms with Gasteiger partial charge in [0.1, 0.15) is 11.9 Å². The highest BCUT2D eigenvalue weighted by molar-refractivity contribution is 7.89.